The van der Waals surface area contributed by atoms with Gasteiger partial charge in [-0.25, -0.2) is 4.39 Å². The van der Waals surface area contributed by atoms with Crippen molar-refractivity contribution in [2.24, 2.45) is 0 Å². The van der Waals surface area contributed by atoms with Gasteiger partial charge in [-0.2, -0.15) is 0 Å². The van der Waals surface area contributed by atoms with Crippen molar-refractivity contribution in [2.45, 2.75) is 13.8 Å². The van der Waals surface area contributed by atoms with Gasteiger partial charge >= 0.3 is 0 Å². The van der Waals surface area contributed by atoms with E-state index in [1.165, 1.54) is 23.5 Å². The van der Waals surface area contributed by atoms with E-state index >= 15 is 0 Å². The Kier molecular flexibility index (Phi) is 3.45. The number of benzene rings is 1. The largest absolute Gasteiger partial charge is 0.288 e. The van der Waals surface area contributed by atoms with Gasteiger partial charge in [0.2, 0.25) is 5.78 Å². The number of rotatable bonds is 2. The first-order valence-corrected chi connectivity index (χ1v) is 6.67. The standard InChI is InChI=1S/C13H10BrFOS/c1-7-5-9(3-4-11(7)15)13(16)12-6-10(14)8(2)17-12/h3-6H,1-2H3. The zero-order valence-corrected chi connectivity index (χ0v) is 11.8. The lowest BCUT2D eigenvalue weighted by atomic mass is 10.1. The molecule has 1 aromatic heterocycles. The number of thiophene rings is 1. The molecule has 0 amide bonds. The summed E-state index contributed by atoms with van der Waals surface area (Å²) in [5, 5.41) is 0. The lowest BCUT2D eigenvalue weighted by Crippen LogP contribution is -1.99. The molecule has 2 aromatic rings. The number of halogens is 2. The summed E-state index contributed by atoms with van der Waals surface area (Å²) in [6.07, 6.45) is 0. The van der Waals surface area contributed by atoms with Crippen molar-refractivity contribution in [2.75, 3.05) is 0 Å². The van der Waals surface area contributed by atoms with Gasteiger partial charge in [0.25, 0.3) is 0 Å². The van der Waals surface area contributed by atoms with Gasteiger partial charge in [-0.1, -0.05) is 0 Å². The highest BCUT2D eigenvalue weighted by molar-refractivity contribution is 9.10. The average molecular weight is 313 g/mol. The van der Waals surface area contributed by atoms with E-state index in [1.807, 2.05) is 6.92 Å². The van der Waals surface area contributed by atoms with Crippen LogP contribution in [0.2, 0.25) is 0 Å². The number of ketones is 1. The van der Waals surface area contributed by atoms with E-state index in [1.54, 1.807) is 19.1 Å². The van der Waals surface area contributed by atoms with Gasteiger partial charge in [0.15, 0.2) is 0 Å². The van der Waals surface area contributed by atoms with Crippen LogP contribution in [0.15, 0.2) is 28.7 Å². The van der Waals surface area contributed by atoms with E-state index in [0.29, 0.717) is 16.0 Å². The molecule has 0 saturated heterocycles. The highest BCUT2D eigenvalue weighted by atomic mass is 79.9. The van der Waals surface area contributed by atoms with Crippen LogP contribution in [0.25, 0.3) is 0 Å². The summed E-state index contributed by atoms with van der Waals surface area (Å²) in [7, 11) is 0. The molecular formula is C13H10BrFOS. The molecule has 0 N–H and O–H groups in total. The van der Waals surface area contributed by atoms with Crippen LogP contribution < -0.4 is 0 Å². The van der Waals surface area contributed by atoms with Crippen LogP contribution >= 0.6 is 27.3 Å². The molecule has 17 heavy (non-hydrogen) atoms. The second-order valence-corrected chi connectivity index (χ2v) is 5.92. The van der Waals surface area contributed by atoms with Crippen LogP contribution in [0, 0.1) is 19.7 Å². The van der Waals surface area contributed by atoms with Gasteiger partial charge in [0.05, 0.1) is 4.88 Å². The third kappa shape index (κ3) is 2.48. The number of aryl methyl sites for hydroxylation is 2. The first-order chi connectivity index (χ1) is 7.99. The lowest BCUT2D eigenvalue weighted by molar-refractivity contribution is 0.104. The second kappa shape index (κ2) is 4.70. The first kappa shape index (κ1) is 12.5. The third-order valence-corrected chi connectivity index (χ3v) is 4.64. The van der Waals surface area contributed by atoms with Crippen LogP contribution in [0.5, 0.6) is 0 Å². The zero-order valence-electron chi connectivity index (χ0n) is 9.38. The second-order valence-electron chi connectivity index (χ2n) is 3.81. The van der Waals surface area contributed by atoms with Crippen molar-refractivity contribution in [3.8, 4) is 0 Å². The third-order valence-electron chi connectivity index (χ3n) is 2.50. The number of hydrogen-bond acceptors (Lipinski definition) is 2. The summed E-state index contributed by atoms with van der Waals surface area (Å²) >= 11 is 4.82. The minimum Gasteiger partial charge on any atom is -0.288 e. The Morgan fingerprint density at radius 3 is 2.53 bits per heavy atom. The monoisotopic (exact) mass is 312 g/mol. The first-order valence-electron chi connectivity index (χ1n) is 5.06. The quantitative estimate of drug-likeness (QED) is 0.746. The normalized spacial score (nSPS) is 10.6. The van der Waals surface area contributed by atoms with E-state index in [2.05, 4.69) is 15.9 Å². The Bertz CT molecular complexity index is 570. The Balaban J connectivity index is 2.40. The molecular weight excluding hydrogens is 303 g/mol. The molecule has 0 bridgehead atoms. The molecule has 0 unspecified atom stereocenters. The van der Waals surface area contributed by atoms with E-state index < -0.39 is 0 Å². The van der Waals surface area contributed by atoms with Crippen molar-refractivity contribution in [3.05, 3.63) is 55.4 Å². The van der Waals surface area contributed by atoms with Crippen LogP contribution in [0.1, 0.15) is 25.7 Å². The highest BCUT2D eigenvalue weighted by Crippen LogP contribution is 2.28. The molecule has 0 fully saturated rings. The van der Waals surface area contributed by atoms with Crippen LogP contribution in [-0.4, -0.2) is 5.78 Å². The summed E-state index contributed by atoms with van der Waals surface area (Å²) in [6.45, 7) is 3.60. The number of hydrogen-bond donors (Lipinski definition) is 0. The Morgan fingerprint density at radius 1 is 1.29 bits per heavy atom. The Labute approximate surface area is 111 Å². The van der Waals surface area contributed by atoms with Gasteiger partial charge in [0.1, 0.15) is 5.82 Å². The van der Waals surface area contributed by atoms with Gasteiger partial charge in [-0.3, -0.25) is 4.79 Å². The van der Waals surface area contributed by atoms with Crippen LogP contribution in [0.4, 0.5) is 4.39 Å². The fraction of sp³-hybridized carbons (Fsp3) is 0.154. The maximum Gasteiger partial charge on any atom is 0.203 e. The highest BCUT2D eigenvalue weighted by Gasteiger charge is 2.14. The summed E-state index contributed by atoms with van der Waals surface area (Å²) in [5.41, 5.74) is 1.01. The van der Waals surface area contributed by atoms with Crippen molar-refractivity contribution >= 4 is 33.0 Å². The summed E-state index contributed by atoms with van der Waals surface area (Å²) in [5.74, 6) is -0.350. The Morgan fingerprint density at radius 2 is 2.00 bits per heavy atom. The van der Waals surface area contributed by atoms with E-state index in [9.17, 15) is 9.18 Å². The van der Waals surface area contributed by atoms with Gasteiger partial charge in [-0.15, -0.1) is 11.3 Å². The number of carbonyl (C=O) groups excluding carboxylic acids is 1. The maximum absolute atomic E-state index is 13.1. The molecule has 0 aliphatic rings. The molecule has 0 aliphatic carbocycles. The molecule has 1 aromatic carbocycles. The molecule has 0 saturated carbocycles. The van der Waals surface area contributed by atoms with E-state index in [4.69, 9.17) is 0 Å². The average Bonchev–Trinajstić information content (AvgIpc) is 2.62. The van der Waals surface area contributed by atoms with Crippen LogP contribution in [0.3, 0.4) is 0 Å². The summed E-state index contributed by atoms with van der Waals surface area (Å²) in [4.78, 5) is 13.9. The molecule has 0 aliphatic heterocycles. The van der Waals surface area contributed by atoms with Gasteiger partial charge < -0.3 is 0 Å². The molecule has 1 heterocycles. The molecule has 4 heteroatoms. The van der Waals surface area contributed by atoms with Gasteiger partial charge in [0, 0.05) is 14.9 Å². The Hall–Kier alpha value is -1.00. The predicted molar refractivity (Wildman–Crippen MR) is 71.3 cm³/mol. The fourth-order valence-electron chi connectivity index (χ4n) is 1.50. The number of carbonyl (C=O) groups is 1. The van der Waals surface area contributed by atoms with Crippen LogP contribution in [-0.2, 0) is 0 Å². The predicted octanol–water partition coefficient (Wildman–Crippen LogP) is 4.50. The maximum atomic E-state index is 13.1. The van der Waals surface area contributed by atoms with Gasteiger partial charge in [-0.05, 0) is 59.6 Å². The smallest absolute Gasteiger partial charge is 0.203 e. The zero-order chi connectivity index (χ0) is 12.6. The molecule has 88 valence electrons. The van der Waals surface area contributed by atoms with E-state index in [-0.39, 0.29) is 11.6 Å². The van der Waals surface area contributed by atoms with Crippen molar-refractivity contribution in [1.82, 2.24) is 0 Å². The van der Waals surface area contributed by atoms with Crippen molar-refractivity contribution in [1.29, 1.82) is 0 Å². The van der Waals surface area contributed by atoms with E-state index in [0.717, 1.165) is 9.35 Å². The fourth-order valence-corrected chi connectivity index (χ4v) is 3.00. The molecule has 0 atom stereocenters. The summed E-state index contributed by atoms with van der Waals surface area (Å²) in [6, 6.07) is 6.24. The minimum atomic E-state index is -0.287. The minimum absolute atomic E-state index is 0.0631. The lowest BCUT2D eigenvalue weighted by Gasteiger charge is -2.00. The summed E-state index contributed by atoms with van der Waals surface area (Å²) < 4.78 is 14.1. The molecule has 0 radical (unpaired) electrons. The SMILES string of the molecule is Cc1cc(C(=O)c2cc(Br)c(C)s2)ccc1F. The van der Waals surface area contributed by atoms with Crippen molar-refractivity contribution in [3.63, 3.8) is 0 Å². The van der Waals surface area contributed by atoms with Crippen molar-refractivity contribution < 1.29 is 9.18 Å². The molecule has 0 spiro atoms. The molecule has 1 nitrogen and oxygen atoms in total. The topological polar surface area (TPSA) is 17.1 Å². The molecule has 2 rings (SSSR count).